The van der Waals surface area contributed by atoms with Crippen LogP contribution >= 0.6 is 0 Å². The highest BCUT2D eigenvalue weighted by Crippen LogP contribution is 2.61. The molecule has 35 heavy (non-hydrogen) atoms. The average molecular weight is 473 g/mol. The van der Waals surface area contributed by atoms with Crippen LogP contribution in [0, 0.1) is 17.8 Å². The Hall–Kier alpha value is -2.88. The molecular formula is C31H36O4. The van der Waals surface area contributed by atoms with Crippen molar-refractivity contribution in [3.05, 3.63) is 70.8 Å². The van der Waals surface area contributed by atoms with Gasteiger partial charge in [0.2, 0.25) is 0 Å². The number of hydrogen-bond acceptors (Lipinski definition) is 4. The summed E-state index contributed by atoms with van der Waals surface area (Å²) in [5.74, 6) is 3.33. The zero-order chi connectivity index (χ0) is 24.4. The quantitative estimate of drug-likeness (QED) is 0.236. The normalized spacial score (nSPS) is 27.0. The zero-order valence-corrected chi connectivity index (χ0v) is 20.9. The molecule has 0 aromatic heterocycles. The van der Waals surface area contributed by atoms with Gasteiger partial charge >= 0.3 is 5.97 Å². The largest absolute Gasteiger partial charge is 0.496 e. The van der Waals surface area contributed by atoms with Crippen molar-refractivity contribution >= 4 is 17.8 Å². The summed E-state index contributed by atoms with van der Waals surface area (Å²) in [4.78, 5) is 23.9. The molecule has 0 aliphatic heterocycles. The zero-order valence-electron chi connectivity index (χ0n) is 20.9. The number of aldehydes is 1. The number of esters is 1. The molecule has 4 fully saturated rings. The van der Waals surface area contributed by atoms with Crippen molar-refractivity contribution in [1.29, 1.82) is 0 Å². The van der Waals surface area contributed by atoms with E-state index in [0.717, 1.165) is 48.2 Å². The van der Waals surface area contributed by atoms with E-state index in [9.17, 15) is 9.59 Å². The molecule has 4 bridgehead atoms. The molecule has 0 spiro atoms. The SMILES string of the molecule is CCOC(=O)c1cccc(/C(C=O)=C/CCc2ccc(OC)c(C34CC5CC(CC(C5)C3)C4)c2)c1. The lowest BCUT2D eigenvalue weighted by molar-refractivity contribution is -0.103. The van der Waals surface area contributed by atoms with Crippen LogP contribution in [0.15, 0.2) is 48.5 Å². The number of hydrogen-bond donors (Lipinski definition) is 0. The number of benzene rings is 2. The molecule has 4 nitrogen and oxygen atoms in total. The summed E-state index contributed by atoms with van der Waals surface area (Å²) in [5.41, 5.74) is 4.80. The number of carbonyl (C=O) groups excluding carboxylic acids is 2. The van der Waals surface area contributed by atoms with E-state index < -0.39 is 0 Å². The minimum absolute atomic E-state index is 0.285. The first-order chi connectivity index (χ1) is 17.0. The van der Waals surface area contributed by atoms with E-state index in [2.05, 4.69) is 18.2 Å². The predicted octanol–water partition coefficient (Wildman–Crippen LogP) is 6.55. The highest BCUT2D eigenvalue weighted by Gasteiger charge is 2.52. The molecule has 0 unspecified atom stereocenters. The highest BCUT2D eigenvalue weighted by molar-refractivity contribution is 6.07. The Morgan fingerprint density at radius 3 is 2.31 bits per heavy atom. The second kappa shape index (κ2) is 10.0. The van der Waals surface area contributed by atoms with E-state index in [4.69, 9.17) is 9.47 Å². The summed E-state index contributed by atoms with van der Waals surface area (Å²) in [7, 11) is 1.79. The molecule has 0 atom stereocenters. The van der Waals surface area contributed by atoms with E-state index in [0.29, 0.717) is 17.7 Å². The van der Waals surface area contributed by atoms with Crippen molar-refractivity contribution in [3.8, 4) is 5.75 Å². The van der Waals surface area contributed by atoms with Gasteiger partial charge in [0.15, 0.2) is 0 Å². The number of methoxy groups -OCH3 is 1. The van der Waals surface area contributed by atoms with Crippen LogP contribution in [-0.2, 0) is 21.4 Å². The summed E-state index contributed by atoms with van der Waals surface area (Å²) in [6, 6.07) is 13.8. The van der Waals surface area contributed by atoms with Gasteiger partial charge in [0.1, 0.15) is 12.0 Å². The van der Waals surface area contributed by atoms with Gasteiger partial charge in [-0.05, 0) is 111 Å². The minimum atomic E-state index is -0.366. The van der Waals surface area contributed by atoms with Crippen molar-refractivity contribution in [1.82, 2.24) is 0 Å². The summed E-state index contributed by atoms with van der Waals surface area (Å²) in [6.07, 6.45) is 12.7. The smallest absolute Gasteiger partial charge is 0.338 e. The Kier molecular flexibility index (Phi) is 6.82. The molecule has 184 valence electrons. The Balaban J connectivity index is 1.34. The first-order valence-electron chi connectivity index (χ1n) is 13.1. The molecule has 0 saturated heterocycles. The summed E-state index contributed by atoms with van der Waals surface area (Å²) >= 11 is 0. The van der Waals surface area contributed by atoms with Gasteiger partial charge in [-0.2, -0.15) is 0 Å². The van der Waals surface area contributed by atoms with Crippen LogP contribution in [0.3, 0.4) is 0 Å². The van der Waals surface area contributed by atoms with Gasteiger partial charge in [-0.3, -0.25) is 4.79 Å². The van der Waals surface area contributed by atoms with Crippen LogP contribution < -0.4 is 4.74 Å². The molecular weight excluding hydrogens is 436 g/mol. The average Bonchev–Trinajstić information content (AvgIpc) is 2.86. The first-order valence-corrected chi connectivity index (χ1v) is 13.1. The Morgan fingerprint density at radius 1 is 1.00 bits per heavy atom. The second-order valence-electron chi connectivity index (χ2n) is 10.8. The molecule has 4 heteroatoms. The topological polar surface area (TPSA) is 52.6 Å². The molecule has 0 amide bonds. The van der Waals surface area contributed by atoms with Crippen molar-refractivity contribution in [2.75, 3.05) is 13.7 Å². The lowest BCUT2D eigenvalue weighted by Gasteiger charge is -2.57. The summed E-state index contributed by atoms with van der Waals surface area (Å²) in [6.45, 7) is 2.11. The number of ether oxygens (including phenoxy) is 2. The van der Waals surface area contributed by atoms with Crippen LogP contribution in [-0.4, -0.2) is 26.0 Å². The highest BCUT2D eigenvalue weighted by atomic mass is 16.5. The summed E-state index contributed by atoms with van der Waals surface area (Å²) < 4.78 is 11.0. The molecule has 4 saturated carbocycles. The number of allylic oxidation sites excluding steroid dienone is 2. The molecule has 0 radical (unpaired) electrons. The number of aryl methyl sites for hydroxylation is 1. The van der Waals surface area contributed by atoms with Crippen LogP contribution in [0.5, 0.6) is 5.75 Å². The fourth-order valence-corrected chi connectivity index (χ4v) is 7.43. The maximum absolute atomic E-state index is 12.1. The van der Waals surface area contributed by atoms with Gasteiger partial charge in [-0.25, -0.2) is 4.79 Å². The van der Waals surface area contributed by atoms with Gasteiger partial charge in [0, 0.05) is 11.1 Å². The molecule has 4 aliphatic carbocycles. The third-order valence-corrected chi connectivity index (χ3v) is 8.50. The standard InChI is InChI=1S/C31H36O4/c1-3-35-30(33)26-8-5-7-25(16-26)27(20-32)9-4-6-21-10-11-29(34-2)28(15-21)31-17-22-12-23(18-31)14-24(13-22)19-31/h5,7-11,15-16,20,22-24H,3-4,6,12-14,17-19H2,1-2H3/b27-9+. The molecule has 2 aromatic carbocycles. The maximum atomic E-state index is 12.1. The van der Waals surface area contributed by atoms with Crippen molar-refractivity contribution in [2.45, 2.75) is 63.7 Å². The predicted molar refractivity (Wildman–Crippen MR) is 138 cm³/mol. The van der Waals surface area contributed by atoms with Crippen LogP contribution in [0.1, 0.15) is 78.9 Å². The monoisotopic (exact) mass is 472 g/mol. The lowest BCUT2D eigenvalue weighted by atomic mass is 9.48. The van der Waals surface area contributed by atoms with E-state index in [-0.39, 0.29) is 11.4 Å². The Labute approximate surface area is 208 Å². The Bertz CT molecular complexity index is 1090. The minimum Gasteiger partial charge on any atom is -0.496 e. The molecule has 0 heterocycles. The van der Waals surface area contributed by atoms with Crippen LogP contribution in [0.25, 0.3) is 5.57 Å². The van der Waals surface area contributed by atoms with Crippen molar-refractivity contribution in [2.24, 2.45) is 17.8 Å². The van der Waals surface area contributed by atoms with Crippen molar-refractivity contribution in [3.63, 3.8) is 0 Å². The summed E-state index contributed by atoms with van der Waals surface area (Å²) in [5, 5.41) is 0. The van der Waals surface area contributed by atoms with Gasteiger partial charge in [0.05, 0.1) is 19.3 Å². The molecule has 2 aromatic rings. The maximum Gasteiger partial charge on any atom is 0.338 e. The van der Waals surface area contributed by atoms with Gasteiger partial charge in [0.25, 0.3) is 0 Å². The first kappa shape index (κ1) is 23.8. The molecule has 0 N–H and O–H groups in total. The fraction of sp³-hybridized carbons (Fsp3) is 0.484. The lowest BCUT2D eigenvalue weighted by Crippen LogP contribution is -2.48. The van der Waals surface area contributed by atoms with Crippen LogP contribution in [0.4, 0.5) is 0 Å². The number of carbonyl (C=O) groups is 2. The van der Waals surface area contributed by atoms with Gasteiger partial charge in [-0.1, -0.05) is 30.3 Å². The van der Waals surface area contributed by atoms with E-state index in [1.54, 1.807) is 32.2 Å². The third kappa shape index (κ3) is 4.80. The van der Waals surface area contributed by atoms with E-state index in [1.807, 2.05) is 12.1 Å². The van der Waals surface area contributed by atoms with E-state index in [1.165, 1.54) is 49.7 Å². The van der Waals surface area contributed by atoms with E-state index >= 15 is 0 Å². The second-order valence-corrected chi connectivity index (χ2v) is 10.8. The van der Waals surface area contributed by atoms with Crippen molar-refractivity contribution < 1.29 is 19.1 Å². The number of rotatable bonds is 9. The molecule has 6 rings (SSSR count). The Morgan fingerprint density at radius 2 is 1.69 bits per heavy atom. The van der Waals surface area contributed by atoms with Gasteiger partial charge in [-0.15, -0.1) is 0 Å². The van der Waals surface area contributed by atoms with Crippen LogP contribution in [0.2, 0.25) is 0 Å². The molecule has 4 aliphatic rings. The fourth-order valence-electron chi connectivity index (χ4n) is 7.43. The van der Waals surface area contributed by atoms with Gasteiger partial charge < -0.3 is 9.47 Å². The third-order valence-electron chi connectivity index (χ3n) is 8.50.